The monoisotopic (exact) mass is 511 g/mol. The number of carbonyl (C=O) groups excluding carboxylic acids is 1. The molecule has 1 heterocycles. The van der Waals surface area contributed by atoms with Gasteiger partial charge in [-0.15, -0.1) is 0 Å². The molecule has 2 aromatic carbocycles. The van der Waals surface area contributed by atoms with Crippen LogP contribution in [0.4, 0.5) is 18.9 Å². The van der Waals surface area contributed by atoms with E-state index in [-0.39, 0.29) is 28.0 Å². The van der Waals surface area contributed by atoms with Crippen LogP contribution in [-0.4, -0.2) is 36.6 Å². The molecule has 3 rings (SSSR count). The highest BCUT2D eigenvalue weighted by atomic mass is 32.2. The maximum Gasteiger partial charge on any atom is 0.416 e. The summed E-state index contributed by atoms with van der Waals surface area (Å²) in [5.41, 5.74) is -0.131. The van der Waals surface area contributed by atoms with Gasteiger partial charge in [-0.05, 0) is 42.3 Å². The zero-order valence-electron chi connectivity index (χ0n) is 18.3. The number of hydrogen-bond donors (Lipinski definition) is 3. The van der Waals surface area contributed by atoms with Gasteiger partial charge in [-0.1, -0.05) is 31.1 Å². The number of halogens is 3. The first kappa shape index (κ1) is 25.7. The lowest BCUT2D eigenvalue weighted by molar-refractivity contribution is -0.140. The van der Waals surface area contributed by atoms with Gasteiger partial charge in [0.05, 0.1) is 10.5 Å². The number of hydrogen-bond acceptors (Lipinski definition) is 6. The second-order valence-electron chi connectivity index (χ2n) is 7.81. The molecule has 0 unspecified atom stereocenters. The molecular formula is C22H20F3N3O6S. The number of nitrogens with one attached hydrogen (secondary N) is 2. The summed E-state index contributed by atoms with van der Waals surface area (Å²) in [7, 11) is -4.14. The molecule has 13 heteroatoms. The van der Waals surface area contributed by atoms with Crippen molar-refractivity contribution in [2.24, 2.45) is 5.92 Å². The van der Waals surface area contributed by atoms with Crippen LogP contribution >= 0.6 is 0 Å². The maximum atomic E-state index is 12.7. The smallest absolute Gasteiger partial charge is 0.416 e. The fraction of sp³-hybridized carbons (Fsp3) is 0.227. The van der Waals surface area contributed by atoms with Gasteiger partial charge in [-0.3, -0.25) is 9.52 Å². The van der Waals surface area contributed by atoms with Gasteiger partial charge in [0.15, 0.2) is 0 Å². The van der Waals surface area contributed by atoms with Crippen molar-refractivity contribution in [3.05, 3.63) is 65.9 Å². The number of carboxylic acid groups (broad SMARTS) is 1. The van der Waals surface area contributed by atoms with Crippen molar-refractivity contribution >= 4 is 27.6 Å². The largest absolute Gasteiger partial charge is 0.480 e. The van der Waals surface area contributed by atoms with Crippen molar-refractivity contribution in [1.82, 2.24) is 10.5 Å². The summed E-state index contributed by atoms with van der Waals surface area (Å²) in [5, 5.41) is 15.3. The molecule has 1 aromatic heterocycles. The lowest BCUT2D eigenvalue weighted by atomic mass is 10.0. The Labute approximate surface area is 198 Å². The number of rotatable bonds is 8. The third kappa shape index (κ3) is 6.18. The molecule has 0 bridgehead atoms. The van der Waals surface area contributed by atoms with E-state index in [0.29, 0.717) is 17.7 Å². The fourth-order valence-electron chi connectivity index (χ4n) is 2.99. The first-order chi connectivity index (χ1) is 16.3. The zero-order chi connectivity index (χ0) is 26.0. The van der Waals surface area contributed by atoms with E-state index in [4.69, 9.17) is 4.52 Å². The van der Waals surface area contributed by atoms with Crippen LogP contribution in [0.3, 0.4) is 0 Å². The van der Waals surface area contributed by atoms with Crippen LogP contribution in [0.1, 0.15) is 30.0 Å². The molecule has 0 aliphatic rings. The third-order valence-electron chi connectivity index (χ3n) is 4.88. The van der Waals surface area contributed by atoms with Crippen molar-refractivity contribution in [3.63, 3.8) is 0 Å². The minimum absolute atomic E-state index is 0.136. The Bertz CT molecular complexity index is 1320. The topological polar surface area (TPSA) is 139 Å². The van der Waals surface area contributed by atoms with Crippen molar-refractivity contribution in [3.8, 4) is 11.3 Å². The van der Waals surface area contributed by atoms with Crippen LogP contribution in [0.25, 0.3) is 11.3 Å². The highest BCUT2D eigenvalue weighted by Gasteiger charge is 2.30. The Balaban J connectivity index is 1.71. The number of nitrogens with zero attached hydrogens (tertiary/aromatic N) is 1. The van der Waals surface area contributed by atoms with E-state index < -0.39 is 39.7 Å². The minimum Gasteiger partial charge on any atom is -0.480 e. The SMILES string of the molecule is CC(C)[C@@H](NC(=O)c1cc(-c2ccc(NS(=O)(=O)c3ccc(C(F)(F)F)cc3)cc2)no1)C(=O)O. The van der Waals surface area contributed by atoms with Gasteiger partial charge in [0.25, 0.3) is 15.9 Å². The van der Waals surface area contributed by atoms with Crippen molar-refractivity contribution < 1.29 is 40.8 Å². The summed E-state index contributed by atoms with van der Waals surface area (Å²) in [6, 6.07) is 9.01. The molecule has 3 N–H and O–H groups in total. The molecule has 0 spiro atoms. The van der Waals surface area contributed by atoms with E-state index in [1.807, 2.05) is 0 Å². The predicted molar refractivity (Wildman–Crippen MR) is 118 cm³/mol. The summed E-state index contributed by atoms with van der Waals surface area (Å²) >= 11 is 0. The van der Waals surface area contributed by atoms with E-state index in [1.165, 1.54) is 30.3 Å². The number of aromatic nitrogens is 1. The number of alkyl halides is 3. The number of benzene rings is 2. The molecule has 35 heavy (non-hydrogen) atoms. The lowest BCUT2D eigenvalue weighted by Crippen LogP contribution is -2.44. The average Bonchev–Trinajstić information content (AvgIpc) is 3.27. The summed E-state index contributed by atoms with van der Waals surface area (Å²) in [4.78, 5) is 23.2. The van der Waals surface area contributed by atoms with Gasteiger partial charge < -0.3 is 14.9 Å². The van der Waals surface area contributed by atoms with Crippen molar-refractivity contribution in [1.29, 1.82) is 0 Å². The first-order valence-electron chi connectivity index (χ1n) is 10.1. The minimum atomic E-state index is -4.58. The molecule has 0 aliphatic heterocycles. The van der Waals surface area contributed by atoms with Gasteiger partial charge in [0, 0.05) is 17.3 Å². The Morgan fingerprint density at radius 3 is 2.14 bits per heavy atom. The predicted octanol–water partition coefficient (Wildman–Crippen LogP) is 4.00. The van der Waals surface area contributed by atoms with Crippen LogP contribution in [-0.2, 0) is 21.0 Å². The van der Waals surface area contributed by atoms with E-state index >= 15 is 0 Å². The van der Waals surface area contributed by atoms with E-state index in [2.05, 4.69) is 15.2 Å². The van der Waals surface area contributed by atoms with Crippen LogP contribution in [0, 0.1) is 5.92 Å². The van der Waals surface area contributed by atoms with Crippen LogP contribution in [0.2, 0.25) is 0 Å². The Hall–Kier alpha value is -3.87. The maximum absolute atomic E-state index is 12.7. The fourth-order valence-corrected chi connectivity index (χ4v) is 4.05. The number of aliphatic carboxylic acids is 1. The molecule has 0 fully saturated rings. The molecule has 1 atom stereocenters. The quantitative estimate of drug-likeness (QED) is 0.415. The molecule has 0 saturated heterocycles. The second-order valence-corrected chi connectivity index (χ2v) is 9.50. The first-order valence-corrected chi connectivity index (χ1v) is 11.6. The Morgan fingerprint density at radius 1 is 1.03 bits per heavy atom. The number of sulfonamides is 1. The summed E-state index contributed by atoms with van der Waals surface area (Å²) < 4.78 is 70.3. The molecule has 1 amide bonds. The molecule has 0 aliphatic carbocycles. The van der Waals surface area contributed by atoms with E-state index in [9.17, 15) is 36.3 Å². The van der Waals surface area contributed by atoms with Gasteiger partial charge in [-0.2, -0.15) is 13.2 Å². The lowest BCUT2D eigenvalue weighted by Gasteiger charge is -2.16. The zero-order valence-corrected chi connectivity index (χ0v) is 19.1. The average molecular weight is 511 g/mol. The molecule has 0 radical (unpaired) electrons. The Morgan fingerprint density at radius 2 is 1.63 bits per heavy atom. The normalized spacial score (nSPS) is 12.9. The molecule has 0 saturated carbocycles. The summed E-state index contributed by atoms with van der Waals surface area (Å²) in [6.45, 7) is 3.27. The van der Waals surface area contributed by atoms with Crippen LogP contribution in [0.15, 0.2) is 64.0 Å². The Kier molecular flexibility index (Phi) is 7.19. The standard InChI is InChI=1S/C22H20F3N3O6S/c1-12(2)19(21(30)31)26-20(29)18-11-17(27-34-18)13-3-7-15(8-4-13)28-35(32,33)16-9-5-14(6-10-16)22(23,24)25/h3-12,19,28H,1-2H3,(H,26,29)(H,30,31)/t19-/m1/s1. The summed E-state index contributed by atoms with van der Waals surface area (Å²) in [6.07, 6.45) is -4.58. The van der Waals surface area contributed by atoms with Gasteiger partial charge in [0.1, 0.15) is 11.7 Å². The third-order valence-corrected chi connectivity index (χ3v) is 6.28. The van der Waals surface area contributed by atoms with Gasteiger partial charge >= 0.3 is 12.1 Å². The number of carbonyl (C=O) groups is 2. The van der Waals surface area contributed by atoms with E-state index in [1.54, 1.807) is 13.8 Å². The number of anilines is 1. The van der Waals surface area contributed by atoms with E-state index in [0.717, 1.165) is 12.1 Å². The number of carboxylic acids is 1. The van der Waals surface area contributed by atoms with Crippen LogP contribution < -0.4 is 10.0 Å². The van der Waals surface area contributed by atoms with Crippen molar-refractivity contribution in [2.75, 3.05) is 4.72 Å². The molecule has 9 nitrogen and oxygen atoms in total. The van der Waals surface area contributed by atoms with Crippen LogP contribution in [0.5, 0.6) is 0 Å². The molecular weight excluding hydrogens is 491 g/mol. The highest BCUT2D eigenvalue weighted by Crippen LogP contribution is 2.30. The highest BCUT2D eigenvalue weighted by molar-refractivity contribution is 7.92. The van der Waals surface area contributed by atoms with Gasteiger partial charge in [0.2, 0.25) is 5.76 Å². The molecule has 186 valence electrons. The van der Waals surface area contributed by atoms with Gasteiger partial charge in [-0.25, -0.2) is 13.2 Å². The van der Waals surface area contributed by atoms with Crippen molar-refractivity contribution in [2.45, 2.75) is 31.0 Å². The summed E-state index contributed by atoms with van der Waals surface area (Å²) in [5.74, 6) is -2.52. The second kappa shape index (κ2) is 9.78. The number of amides is 1. The molecule has 3 aromatic rings.